The van der Waals surface area contributed by atoms with Crippen LogP contribution in [0, 0.1) is 0 Å². The van der Waals surface area contributed by atoms with Gasteiger partial charge in [0.2, 0.25) is 0 Å². The number of amides is 2. The number of nitrogens with zero attached hydrogens (tertiary/aromatic N) is 2. The quantitative estimate of drug-likeness (QED) is 0.592. The van der Waals surface area contributed by atoms with Gasteiger partial charge in [-0.2, -0.15) is 0 Å². The summed E-state index contributed by atoms with van der Waals surface area (Å²) in [6, 6.07) is -0.158. The van der Waals surface area contributed by atoms with Crippen molar-refractivity contribution in [2.24, 2.45) is 0 Å². The predicted molar refractivity (Wildman–Crippen MR) is 37.8 cm³/mol. The van der Waals surface area contributed by atoms with Crippen molar-refractivity contribution < 1.29 is 14.6 Å². The molecule has 1 saturated heterocycles. The average molecular weight is 160 g/mol. The van der Waals surface area contributed by atoms with Crippen molar-refractivity contribution >= 4 is 6.03 Å². The predicted octanol–water partition coefficient (Wildman–Crippen LogP) is -0.722. The molecule has 1 heterocycles. The summed E-state index contributed by atoms with van der Waals surface area (Å²) in [4.78, 5) is 14.0. The highest BCUT2D eigenvalue weighted by Crippen LogP contribution is 2.06. The fourth-order valence-electron chi connectivity index (χ4n) is 1.04. The largest absolute Gasteiger partial charge is 0.376 e. The molecule has 0 aliphatic carbocycles. The molecule has 1 aliphatic heterocycles. The molecule has 1 fully saturated rings. The molecular formula is C6H12N2O3. The number of urea groups is 1. The van der Waals surface area contributed by atoms with Crippen LogP contribution in [0.2, 0.25) is 0 Å². The van der Waals surface area contributed by atoms with Crippen molar-refractivity contribution in [1.29, 1.82) is 0 Å². The maximum Gasteiger partial charge on any atom is 0.323 e. The Morgan fingerprint density at radius 1 is 1.55 bits per heavy atom. The zero-order valence-corrected chi connectivity index (χ0v) is 6.49. The van der Waals surface area contributed by atoms with Gasteiger partial charge in [-0.25, -0.2) is 4.79 Å². The summed E-state index contributed by atoms with van der Waals surface area (Å²) in [6.07, 6.45) is 0. The number of hydrogen-bond acceptors (Lipinski definition) is 3. The van der Waals surface area contributed by atoms with Crippen molar-refractivity contribution in [1.82, 2.24) is 9.80 Å². The molecule has 11 heavy (non-hydrogen) atoms. The van der Waals surface area contributed by atoms with Gasteiger partial charge in [-0.1, -0.05) is 0 Å². The summed E-state index contributed by atoms with van der Waals surface area (Å²) in [5.74, 6) is 0. The van der Waals surface area contributed by atoms with Gasteiger partial charge in [-0.05, 0) is 0 Å². The van der Waals surface area contributed by atoms with Gasteiger partial charge in [0.05, 0.1) is 0 Å². The first kappa shape index (κ1) is 8.29. The molecule has 0 aromatic heterocycles. The van der Waals surface area contributed by atoms with Crippen LogP contribution in [0.25, 0.3) is 0 Å². The summed E-state index contributed by atoms with van der Waals surface area (Å²) in [5, 5.41) is 8.66. The molecule has 0 radical (unpaired) electrons. The highest BCUT2D eigenvalue weighted by Gasteiger charge is 2.26. The van der Waals surface area contributed by atoms with Crippen molar-refractivity contribution in [3.05, 3.63) is 0 Å². The van der Waals surface area contributed by atoms with E-state index in [1.807, 2.05) is 0 Å². The van der Waals surface area contributed by atoms with Gasteiger partial charge in [-0.15, -0.1) is 0 Å². The summed E-state index contributed by atoms with van der Waals surface area (Å²) in [6.45, 7) is 1.31. The lowest BCUT2D eigenvalue weighted by Crippen LogP contribution is -2.33. The Morgan fingerprint density at radius 2 is 2.18 bits per heavy atom. The highest BCUT2D eigenvalue weighted by atomic mass is 16.5. The Labute approximate surface area is 65.1 Å². The number of hydrogen-bond donors (Lipinski definition) is 1. The number of aliphatic hydroxyl groups is 1. The monoisotopic (exact) mass is 160 g/mol. The Morgan fingerprint density at radius 3 is 2.64 bits per heavy atom. The van der Waals surface area contributed by atoms with E-state index in [0.29, 0.717) is 19.8 Å². The zero-order chi connectivity index (χ0) is 8.27. The van der Waals surface area contributed by atoms with Gasteiger partial charge in [0, 0.05) is 20.2 Å². The maximum absolute atomic E-state index is 11.1. The van der Waals surface area contributed by atoms with Gasteiger partial charge in [0.25, 0.3) is 0 Å². The van der Waals surface area contributed by atoms with Crippen LogP contribution in [-0.2, 0) is 4.74 Å². The van der Waals surface area contributed by atoms with E-state index in [2.05, 4.69) is 0 Å². The maximum atomic E-state index is 11.1. The second-order valence-corrected chi connectivity index (χ2v) is 2.37. The molecule has 0 unspecified atom stereocenters. The second kappa shape index (κ2) is 3.54. The van der Waals surface area contributed by atoms with Crippen molar-refractivity contribution in [2.45, 2.75) is 0 Å². The van der Waals surface area contributed by atoms with E-state index in [1.165, 1.54) is 16.9 Å². The standard InChI is InChI=1S/C6H12N2O3/c1-11-5-8-3-2-7(4-9)6(8)10/h9H,2-5H2,1H3. The summed E-state index contributed by atoms with van der Waals surface area (Å²) in [7, 11) is 1.54. The summed E-state index contributed by atoms with van der Waals surface area (Å²) >= 11 is 0. The Kier molecular flexibility index (Phi) is 2.67. The second-order valence-electron chi connectivity index (χ2n) is 2.37. The molecule has 2 amide bonds. The molecule has 0 bridgehead atoms. The van der Waals surface area contributed by atoms with E-state index in [9.17, 15) is 4.79 Å². The molecule has 0 aromatic carbocycles. The normalized spacial score (nSPS) is 18.2. The highest BCUT2D eigenvalue weighted by molar-refractivity contribution is 5.76. The minimum atomic E-state index is -0.209. The first-order valence-corrected chi connectivity index (χ1v) is 3.43. The van der Waals surface area contributed by atoms with Crippen molar-refractivity contribution in [2.75, 3.05) is 33.7 Å². The molecule has 0 atom stereocenters. The van der Waals surface area contributed by atoms with E-state index in [0.717, 1.165) is 0 Å². The third kappa shape index (κ3) is 1.61. The Hall–Kier alpha value is -0.810. The molecule has 0 saturated carbocycles. The minimum absolute atomic E-state index is 0.158. The van der Waals surface area contributed by atoms with Crippen LogP contribution in [0.4, 0.5) is 4.79 Å². The molecule has 0 spiro atoms. The van der Waals surface area contributed by atoms with Gasteiger partial charge >= 0.3 is 6.03 Å². The van der Waals surface area contributed by atoms with Crippen LogP contribution in [0.1, 0.15) is 0 Å². The van der Waals surface area contributed by atoms with Gasteiger partial charge in [-0.3, -0.25) is 9.80 Å². The molecule has 64 valence electrons. The lowest BCUT2D eigenvalue weighted by Gasteiger charge is -2.15. The Bertz CT molecular complexity index is 151. The van der Waals surface area contributed by atoms with Crippen molar-refractivity contribution in [3.8, 4) is 0 Å². The molecular weight excluding hydrogens is 148 g/mol. The lowest BCUT2D eigenvalue weighted by atomic mass is 10.6. The van der Waals surface area contributed by atoms with E-state index >= 15 is 0 Å². The third-order valence-corrected chi connectivity index (χ3v) is 1.64. The SMILES string of the molecule is COCN1CCN(CO)C1=O. The minimum Gasteiger partial charge on any atom is -0.376 e. The fourth-order valence-corrected chi connectivity index (χ4v) is 1.04. The van der Waals surface area contributed by atoms with E-state index in [4.69, 9.17) is 9.84 Å². The molecule has 5 nitrogen and oxygen atoms in total. The molecule has 1 rings (SSSR count). The number of aliphatic hydroxyl groups excluding tert-OH is 1. The van der Waals surface area contributed by atoms with E-state index in [-0.39, 0.29) is 12.8 Å². The Balaban J connectivity index is 2.42. The van der Waals surface area contributed by atoms with Crippen LogP contribution in [0.3, 0.4) is 0 Å². The van der Waals surface area contributed by atoms with Crippen LogP contribution >= 0.6 is 0 Å². The fraction of sp³-hybridized carbons (Fsp3) is 0.833. The zero-order valence-electron chi connectivity index (χ0n) is 6.49. The topological polar surface area (TPSA) is 53.0 Å². The summed E-state index contributed by atoms with van der Waals surface area (Å²) < 4.78 is 4.79. The number of ether oxygens (including phenoxy) is 1. The molecule has 1 N–H and O–H groups in total. The number of methoxy groups -OCH3 is 1. The first-order chi connectivity index (χ1) is 5.29. The summed E-state index contributed by atoms with van der Waals surface area (Å²) in [5.41, 5.74) is 0. The van der Waals surface area contributed by atoms with Gasteiger partial charge < -0.3 is 9.84 Å². The first-order valence-electron chi connectivity index (χ1n) is 3.43. The van der Waals surface area contributed by atoms with E-state index in [1.54, 1.807) is 0 Å². The van der Waals surface area contributed by atoms with Crippen LogP contribution in [0.15, 0.2) is 0 Å². The molecule has 5 heteroatoms. The van der Waals surface area contributed by atoms with Gasteiger partial charge in [0.1, 0.15) is 13.5 Å². The van der Waals surface area contributed by atoms with Gasteiger partial charge in [0.15, 0.2) is 0 Å². The van der Waals surface area contributed by atoms with Crippen molar-refractivity contribution in [3.63, 3.8) is 0 Å². The lowest BCUT2D eigenvalue weighted by molar-refractivity contribution is 0.0857. The number of carbonyl (C=O) groups is 1. The average Bonchev–Trinajstić information content (AvgIpc) is 2.34. The van der Waals surface area contributed by atoms with Crippen LogP contribution in [-0.4, -0.2) is 54.6 Å². The number of carbonyl (C=O) groups excluding carboxylic acids is 1. The number of rotatable bonds is 3. The molecule has 0 aromatic rings. The van der Waals surface area contributed by atoms with E-state index < -0.39 is 0 Å². The van der Waals surface area contributed by atoms with Crippen LogP contribution in [0.5, 0.6) is 0 Å². The smallest absolute Gasteiger partial charge is 0.323 e. The molecule has 1 aliphatic rings. The third-order valence-electron chi connectivity index (χ3n) is 1.64. The van der Waals surface area contributed by atoms with Crippen LogP contribution < -0.4 is 0 Å².